The number of benzene rings is 1. The average Bonchev–Trinajstić information content (AvgIpc) is 2.01. The van der Waals surface area contributed by atoms with Crippen LogP contribution in [0.15, 0.2) is 6.07 Å². The highest BCUT2D eigenvalue weighted by Crippen LogP contribution is 2.32. The van der Waals surface area contributed by atoms with Crippen molar-refractivity contribution in [1.82, 2.24) is 0 Å². The van der Waals surface area contributed by atoms with Gasteiger partial charge in [0.1, 0.15) is 17.1 Å². The SMILES string of the molecule is O=C(O)c1c(O)c(I)cc(F)c1Cl. The maximum atomic E-state index is 12.9. The Labute approximate surface area is 91.3 Å². The van der Waals surface area contributed by atoms with Gasteiger partial charge in [-0.05, 0) is 28.7 Å². The second kappa shape index (κ2) is 3.67. The molecule has 0 aliphatic heterocycles. The van der Waals surface area contributed by atoms with Gasteiger partial charge < -0.3 is 10.2 Å². The summed E-state index contributed by atoms with van der Waals surface area (Å²) in [5, 5.41) is 17.2. The molecule has 0 saturated carbocycles. The number of carboxylic acids is 1. The fourth-order valence-electron chi connectivity index (χ4n) is 0.781. The van der Waals surface area contributed by atoms with Crippen LogP contribution in [0.3, 0.4) is 0 Å². The number of aromatic hydroxyl groups is 1. The lowest BCUT2D eigenvalue weighted by Gasteiger charge is -2.04. The summed E-state index contributed by atoms with van der Waals surface area (Å²) < 4.78 is 13.0. The van der Waals surface area contributed by atoms with Gasteiger partial charge in [-0.1, -0.05) is 11.6 Å². The Morgan fingerprint density at radius 1 is 1.62 bits per heavy atom. The van der Waals surface area contributed by atoms with Gasteiger partial charge in [-0.15, -0.1) is 0 Å². The van der Waals surface area contributed by atoms with Crippen molar-refractivity contribution in [2.24, 2.45) is 0 Å². The molecule has 70 valence electrons. The topological polar surface area (TPSA) is 57.5 Å². The van der Waals surface area contributed by atoms with Crippen LogP contribution in [0.2, 0.25) is 5.02 Å². The van der Waals surface area contributed by atoms with Crippen LogP contribution in [-0.4, -0.2) is 16.2 Å². The van der Waals surface area contributed by atoms with Crippen molar-refractivity contribution in [2.45, 2.75) is 0 Å². The van der Waals surface area contributed by atoms with Crippen molar-refractivity contribution in [3.8, 4) is 5.75 Å². The molecule has 6 heteroatoms. The molecule has 0 amide bonds. The van der Waals surface area contributed by atoms with Crippen LogP contribution >= 0.6 is 34.2 Å². The van der Waals surface area contributed by atoms with Crippen molar-refractivity contribution in [3.63, 3.8) is 0 Å². The fourth-order valence-corrected chi connectivity index (χ4v) is 1.55. The molecule has 0 unspecified atom stereocenters. The number of rotatable bonds is 1. The number of halogens is 3. The first-order chi connectivity index (χ1) is 5.95. The zero-order valence-electron chi connectivity index (χ0n) is 6.01. The van der Waals surface area contributed by atoms with E-state index in [-0.39, 0.29) is 3.57 Å². The van der Waals surface area contributed by atoms with Crippen LogP contribution < -0.4 is 0 Å². The van der Waals surface area contributed by atoms with Gasteiger partial charge in [0.2, 0.25) is 0 Å². The van der Waals surface area contributed by atoms with Crippen LogP contribution in [0.25, 0.3) is 0 Å². The van der Waals surface area contributed by atoms with Gasteiger partial charge in [-0.3, -0.25) is 0 Å². The molecular formula is C7H3ClFIO3. The molecule has 0 spiro atoms. The maximum absolute atomic E-state index is 12.9. The number of carboxylic acid groups (broad SMARTS) is 1. The molecule has 2 N–H and O–H groups in total. The number of hydrogen-bond acceptors (Lipinski definition) is 2. The Morgan fingerprint density at radius 3 is 2.62 bits per heavy atom. The molecular weight excluding hydrogens is 313 g/mol. The Hall–Kier alpha value is -0.560. The van der Waals surface area contributed by atoms with Crippen molar-refractivity contribution in [3.05, 3.63) is 26.0 Å². The Balaban J connectivity index is 3.56. The highest BCUT2D eigenvalue weighted by Gasteiger charge is 2.20. The smallest absolute Gasteiger partial charge is 0.341 e. The van der Waals surface area contributed by atoms with Crippen LogP contribution in [-0.2, 0) is 0 Å². The zero-order valence-corrected chi connectivity index (χ0v) is 8.93. The van der Waals surface area contributed by atoms with E-state index in [9.17, 15) is 14.3 Å². The lowest BCUT2D eigenvalue weighted by molar-refractivity contribution is 0.0693. The highest BCUT2D eigenvalue weighted by atomic mass is 127. The van der Waals surface area contributed by atoms with E-state index < -0.39 is 28.1 Å². The van der Waals surface area contributed by atoms with Crippen LogP contribution in [0.4, 0.5) is 4.39 Å². The zero-order chi connectivity index (χ0) is 10.2. The van der Waals surface area contributed by atoms with Crippen LogP contribution in [0.5, 0.6) is 5.75 Å². The lowest BCUT2D eigenvalue weighted by Crippen LogP contribution is -2.01. The molecule has 0 bridgehead atoms. The first-order valence-electron chi connectivity index (χ1n) is 3.05. The molecule has 1 aromatic rings. The summed E-state index contributed by atoms with van der Waals surface area (Å²) >= 11 is 6.96. The highest BCUT2D eigenvalue weighted by molar-refractivity contribution is 14.1. The van der Waals surface area contributed by atoms with E-state index in [4.69, 9.17) is 16.7 Å². The second-order valence-electron chi connectivity index (χ2n) is 2.18. The van der Waals surface area contributed by atoms with Crippen molar-refractivity contribution in [1.29, 1.82) is 0 Å². The molecule has 3 nitrogen and oxygen atoms in total. The number of phenols is 1. The van der Waals surface area contributed by atoms with Gasteiger partial charge in [0.25, 0.3) is 0 Å². The third-order valence-corrected chi connectivity index (χ3v) is 2.55. The van der Waals surface area contributed by atoms with E-state index in [1.54, 1.807) is 22.6 Å². The first-order valence-corrected chi connectivity index (χ1v) is 4.50. The summed E-state index contributed by atoms with van der Waals surface area (Å²) in [7, 11) is 0. The third-order valence-electron chi connectivity index (χ3n) is 1.36. The van der Waals surface area contributed by atoms with E-state index >= 15 is 0 Å². The number of aromatic carboxylic acids is 1. The molecule has 0 aromatic heterocycles. The molecule has 0 aliphatic carbocycles. The summed E-state index contributed by atoms with van der Waals surface area (Å²) in [6, 6.07) is 0.963. The third kappa shape index (κ3) is 1.86. The maximum Gasteiger partial charge on any atom is 0.341 e. The van der Waals surface area contributed by atoms with E-state index in [1.807, 2.05) is 0 Å². The standard InChI is InChI=1S/C7H3ClFIO3/c8-5-2(9)1-3(10)6(11)4(5)7(12)13/h1,11H,(H,12,13). The lowest BCUT2D eigenvalue weighted by atomic mass is 10.2. The van der Waals surface area contributed by atoms with E-state index in [2.05, 4.69) is 0 Å². The van der Waals surface area contributed by atoms with Gasteiger partial charge in [0.15, 0.2) is 0 Å². The quantitative estimate of drug-likeness (QED) is 0.618. The predicted molar refractivity (Wildman–Crippen MR) is 52.8 cm³/mol. The molecule has 0 saturated heterocycles. The summed E-state index contributed by atoms with van der Waals surface area (Å²) in [6.07, 6.45) is 0. The van der Waals surface area contributed by atoms with Gasteiger partial charge in [0, 0.05) is 0 Å². The van der Waals surface area contributed by atoms with Gasteiger partial charge in [-0.25, -0.2) is 9.18 Å². The van der Waals surface area contributed by atoms with Gasteiger partial charge in [0.05, 0.1) is 8.59 Å². The fraction of sp³-hybridized carbons (Fsp3) is 0. The molecule has 0 heterocycles. The molecule has 1 rings (SSSR count). The van der Waals surface area contributed by atoms with Gasteiger partial charge >= 0.3 is 5.97 Å². The van der Waals surface area contributed by atoms with Crippen molar-refractivity contribution >= 4 is 40.2 Å². The molecule has 0 fully saturated rings. The second-order valence-corrected chi connectivity index (χ2v) is 3.72. The van der Waals surface area contributed by atoms with Crippen LogP contribution in [0.1, 0.15) is 10.4 Å². The van der Waals surface area contributed by atoms with Crippen molar-refractivity contribution < 1.29 is 19.4 Å². The van der Waals surface area contributed by atoms with Crippen molar-refractivity contribution in [2.75, 3.05) is 0 Å². The molecule has 0 aliphatic rings. The minimum absolute atomic E-state index is 0.108. The molecule has 1 aromatic carbocycles. The van der Waals surface area contributed by atoms with Gasteiger partial charge in [-0.2, -0.15) is 0 Å². The van der Waals surface area contributed by atoms with E-state index in [0.29, 0.717) is 0 Å². The largest absolute Gasteiger partial charge is 0.506 e. The molecule has 0 radical (unpaired) electrons. The summed E-state index contributed by atoms with van der Waals surface area (Å²) in [5.41, 5.74) is -0.605. The minimum atomic E-state index is -1.46. The van der Waals surface area contributed by atoms with E-state index in [1.165, 1.54) is 0 Å². The van der Waals surface area contributed by atoms with E-state index in [0.717, 1.165) is 6.07 Å². The Kier molecular flexibility index (Phi) is 2.97. The summed E-state index contributed by atoms with van der Waals surface area (Å²) in [5.74, 6) is -2.83. The number of carbonyl (C=O) groups is 1. The summed E-state index contributed by atoms with van der Waals surface area (Å²) in [6.45, 7) is 0. The number of hydrogen-bond donors (Lipinski definition) is 2. The Morgan fingerprint density at radius 2 is 2.15 bits per heavy atom. The summed E-state index contributed by atoms with van der Waals surface area (Å²) in [4.78, 5) is 10.5. The molecule has 13 heavy (non-hydrogen) atoms. The monoisotopic (exact) mass is 316 g/mol. The van der Waals surface area contributed by atoms with Crippen LogP contribution in [0, 0.1) is 9.39 Å². The molecule has 0 atom stereocenters. The normalized spacial score (nSPS) is 10.1. The minimum Gasteiger partial charge on any atom is -0.506 e. The Bertz CT molecular complexity index is 354. The predicted octanol–water partition coefficient (Wildman–Crippen LogP) is 2.49. The average molecular weight is 316 g/mol. The first kappa shape index (κ1) is 10.5.